The smallest absolute Gasteiger partial charge is 0.335 e. The number of hydrogen-bond acceptors (Lipinski definition) is 5. The van der Waals surface area contributed by atoms with Gasteiger partial charge in [-0.3, -0.25) is 14.5 Å². The number of aromatic carboxylic acids is 1. The molecule has 1 aromatic carbocycles. The average molecular weight is 302 g/mol. The summed E-state index contributed by atoms with van der Waals surface area (Å²) in [6.45, 7) is 1.72. The fourth-order valence-corrected chi connectivity index (χ4v) is 2.98. The summed E-state index contributed by atoms with van der Waals surface area (Å²) in [7, 11) is 0. The van der Waals surface area contributed by atoms with E-state index in [1.165, 1.54) is 29.5 Å². The molecule has 3 rings (SSSR count). The summed E-state index contributed by atoms with van der Waals surface area (Å²) in [6.07, 6.45) is 1.61. The van der Waals surface area contributed by atoms with Gasteiger partial charge >= 0.3 is 5.97 Å². The predicted octanol–water partition coefficient (Wildman–Crippen LogP) is 2.20. The minimum absolute atomic E-state index is 0.0151. The topological polar surface area (TPSA) is 87.6 Å². The molecule has 0 radical (unpaired) electrons. The van der Waals surface area contributed by atoms with E-state index in [4.69, 9.17) is 5.11 Å². The molecule has 21 heavy (non-hydrogen) atoms. The summed E-state index contributed by atoms with van der Waals surface area (Å²) >= 11 is 1.36. The third kappa shape index (κ3) is 2.02. The molecule has 0 spiro atoms. The van der Waals surface area contributed by atoms with Crippen molar-refractivity contribution in [1.82, 2.24) is 9.88 Å². The van der Waals surface area contributed by atoms with E-state index in [1.54, 1.807) is 18.5 Å². The van der Waals surface area contributed by atoms with Crippen LogP contribution in [0.5, 0.6) is 0 Å². The van der Waals surface area contributed by atoms with E-state index in [0.717, 1.165) is 4.90 Å². The number of imide groups is 1. The van der Waals surface area contributed by atoms with E-state index in [9.17, 15) is 14.4 Å². The summed E-state index contributed by atoms with van der Waals surface area (Å²) in [5, 5.41) is 11.4. The van der Waals surface area contributed by atoms with Crippen LogP contribution in [0.3, 0.4) is 0 Å². The number of thiazole rings is 1. The van der Waals surface area contributed by atoms with Gasteiger partial charge in [-0.15, -0.1) is 11.3 Å². The number of carboxylic acids is 1. The fourth-order valence-electron chi connectivity index (χ4n) is 2.30. The minimum Gasteiger partial charge on any atom is -0.478 e. The number of carbonyl (C=O) groups excluding carboxylic acids is 2. The maximum atomic E-state index is 12.4. The molecule has 0 bridgehead atoms. The molecule has 0 saturated carbocycles. The van der Waals surface area contributed by atoms with Gasteiger partial charge in [0.25, 0.3) is 11.8 Å². The third-order valence-corrected chi connectivity index (χ3v) is 4.31. The predicted molar refractivity (Wildman–Crippen MR) is 74.4 cm³/mol. The molecule has 1 aliphatic rings. The standard InChI is InChI=1S/C14H10N2O4S/c1-7(11-15-4-5-21-11)16-12(17)9-3-2-8(14(19)20)6-10(9)13(16)18/h2-7H,1H3,(H,19,20). The Labute approximate surface area is 123 Å². The maximum Gasteiger partial charge on any atom is 0.335 e. The zero-order valence-electron chi connectivity index (χ0n) is 10.9. The number of fused-ring (bicyclic) bond motifs is 1. The Morgan fingerprint density at radius 2 is 2.00 bits per heavy atom. The van der Waals surface area contributed by atoms with Gasteiger partial charge in [-0.25, -0.2) is 9.78 Å². The lowest BCUT2D eigenvalue weighted by atomic mass is 10.1. The van der Waals surface area contributed by atoms with Crippen molar-refractivity contribution >= 4 is 29.1 Å². The highest BCUT2D eigenvalue weighted by Gasteiger charge is 2.40. The van der Waals surface area contributed by atoms with Crippen molar-refractivity contribution in [2.75, 3.05) is 0 Å². The van der Waals surface area contributed by atoms with Crippen molar-refractivity contribution in [1.29, 1.82) is 0 Å². The van der Waals surface area contributed by atoms with Crippen LogP contribution < -0.4 is 0 Å². The number of amides is 2. The van der Waals surface area contributed by atoms with Crippen molar-refractivity contribution in [3.8, 4) is 0 Å². The molecule has 1 unspecified atom stereocenters. The summed E-state index contributed by atoms with van der Waals surface area (Å²) < 4.78 is 0. The Hall–Kier alpha value is -2.54. The molecule has 1 aliphatic heterocycles. The SMILES string of the molecule is CC(c1nccs1)N1C(=O)c2ccc(C(=O)O)cc2C1=O. The molecular formula is C14H10N2O4S. The van der Waals surface area contributed by atoms with Gasteiger partial charge in [0.2, 0.25) is 0 Å². The van der Waals surface area contributed by atoms with Crippen LogP contribution in [0.15, 0.2) is 29.8 Å². The first kappa shape index (κ1) is 13.4. The number of rotatable bonds is 3. The van der Waals surface area contributed by atoms with Crippen LogP contribution in [-0.2, 0) is 0 Å². The zero-order chi connectivity index (χ0) is 15.1. The molecule has 0 saturated heterocycles. The number of carbonyl (C=O) groups is 3. The minimum atomic E-state index is -1.13. The Balaban J connectivity index is 2.02. The van der Waals surface area contributed by atoms with Crippen molar-refractivity contribution in [2.45, 2.75) is 13.0 Å². The third-order valence-electron chi connectivity index (χ3n) is 3.36. The molecule has 2 heterocycles. The molecule has 1 N–H and O–H groups in total. The molecule has 2 aromatic rings. The quantitative estimate of drug-likeness (QED) is 0.878. The van der Waals surface area contributed by atoms with Crippen LogP contribution in [0.1, 0.15) is 49.0 Å². The van der Waals surface area contributed by atoms with E-state index in [2.05, 4.69) is 4.98 Å². The van der Waals surface area contributed by atoms with E-state index in [1.807, 2.05) is 0 Å². The second kappa shape index (κ2) is 4.78. The molecule has 2 amide bonds. The van der Waals surface area contributed by atoms with Gasteiger partial charge < -0.3 is 5.11 Å². The van der Waals surface area contributed by atoms with Gasteiger partial charge in [0.1, 0.15) is 5.01 Å². The van der Waals surface area contributed by atoms with Gasteiger partial charge in [-0.05, 0) is 25.1 Å². The van der Waals surface area contributed by atoms with E-state index in [0.29, 0.717) is 5.01 Å². The fraction of sp³-hybridized carbons (Fsp3) is 0.143. The van der Waals surface area contributed by atoms with Crippen molar-refractivity contribution in [3.05, 3.63) is 51.5 Å². The van der Waals surface area contributed by atoms with Crippen molar-refractivity contribution in [2.24, 2.45) is 0 Å². The highest BCUT2D eigenvalue weighted by atomic mass is 32.1. The molecule has 1 aromatic heterocycles. The Morgan fingerprint density at radius 1 is 1.29 bits per heavy atom. The molecular weight excluding hydrogens is 292 g/mol. The molecule has 106 valence electrons. The van der Waals surface area contributed by atoms with Gasteiger partial charge in [-0.2, -0.15) is 0 Å². The first-order chi connectivity index (χ1) is 10.0. The van der Waals surface area contributed by atoms with Gasteiger partial charge in [0, 0.05) is 11.6 Å². The molecule has 6 nitrogen and oxygen atoms in total. The number of carboxylic acid groups (broad SMARTS) is 1. The first-order valence-electron chi connectivity index (χ1n) is 6.15. The molecule has 0 aliphatic carbocycles. The Morgan fingerprint density at radius 3 is 2.62 bits per heavy atom. The lowest BCUT2D eigenvalue weighted by Gasteiger charge is -2.20. The Kier molecular flexibility index (Phi) is 3.06. The first-order valence-corrected chi connectivity index (χ1v) is 7.03. The highest BCUT2D eigenvalue weighted by molar-refractivity contribution is 7.09. The van der Waals surface area contributed by atoms with Gasteiger partial charge in [0.05, 0.1) is 22.7 Å². The van der Waals surface area contributed by atoms with Crippen LogP contribution >= 0.6 is 11.3 Å². The lowest BCUT2D eigenvalue weighted by molar-refractivity contribution is 0.0594. The summed E-state index contributed by atoms with van der Waals surface area (Å²) in [4.78, 5) is 41.0. The van der Waals surface area contributed by atoms with E-state index >= 15 is 0 Å². The van der Waals surface area contributed by atoms with Crippen LogP contribution in [0.4, 0.5) is 0 Å². The lowest BCUT2D eigenvalue weighted by Crippen LogP contribution is -2.32. The van der Waals surface area contributed by atoms with Crippen molar-refractivity contribution < 1.29 is 19.5 Å². The zero-order valence-corrected chi connectivity index (χ0v) is 11.8. The van der Waals surface area contributed by atoms with E-state index in [-0.39, 0.29) is 16.7 Å². The number of hydrogen-bond donors (Lipinski definition) is 1. The highest BCUT2D eigenvalue weighted by Crippen LogP contribution is 2.32. The van der Waals surface area contributed by atoms with Crippen molar-refractivity contribution in [3.63, 3.8) is 0 Å². The van der Waals surface area contributed by atoms with Crippen LogP contribution in [0, 0.1) is 0 Å². The van der Waals surface area contributed by atoms with Crippen LogP contribution in [0.25, 0.3) is 0 Å². The largest absolute Gasteiger partial charge is 0.478 e. The van der Waals surface area contributed by atoms with Crippen LogP contribution in [0.2, 0.25) is 0 Å². The molecule has 1 atom stereocenters. The number of aromatic nitrogens is 1. The van der Waals surface area contributed by atoms with E-state index < -0.39 is 23.8 Å². The maximum absolute atomic E-state index is 12.4. The Bertz CT molecular complexity index is 754. The average Bonchev–Trinajstić information content (AvgIpc) is 3.07. The second-order valence-corrected chi connectivity index (χ2v) is 5.52. The summed E-state index contributed by atoms with van der Waals surface area (Å²) in [6, 6.07) is 3.47. The van der Waals surface area contributed by atoms with Crippen LogP contribution in [-0.4, -0.2) is 32.8 Å². The molecule has 0 fully saturated rings. The molecule has 7 heteroatoms. The number of nitrogens with zero attached hydrogens (tertiary/aromatic N) is 2. The summed E-state index contributed by atoms with van der Waals surface area (Å²) in [5.74, 6) is -2.04. The summed E-state index contributed by atoms with van der Waals surface area (Å²) in [5.41, 5.74) is 0.343. The van der Waals surface area contributed by atoms with Gasteiger partial charge in [0.15, 0.2) is 0 Å². The number of benzene rings is 1. The van der Waals surface area contributed by atoms with Gasteiger partial charge in [-0.1, -0.05) is 0 Å². The normalized spacial score (nSPS) is 15.2. The monoisotopic (exact) mass is 302 g/mol. The second-order valence-electron chi connectivity index (χ2n) is 4.59.